The first-order chi connectivity index (χ1) is 38.0. The number of amides is 1. The zero-order valence-corrected chi connectivity index (χ0v) is 53.3. The third kappa shape index (κ3) is 61.8. The molecule has 0 aliphatic heterocycles. The lowest BCUT2D eigenvalue weighted by molar-refractivity contribution is -0.870. The number of nitrogens with zero attached hydrogens (tertiary/aromatic N) is 1. The number of nitrogens with one attached hydrogen (secondary N) is 1. The van der Waals surface area contributed by atoms with Gasteiger partial charge in [0.25, 0.3) is 0 Å². The normalized spacial score (nSPS) is 14.1. The standard InChI is InChI=1S/C69H131N2O6P/c1-6-8-10-12-14-16-18-20-22-24-26-28-30-32-33-34-35-36-37-39-40-42-44-46-48-50-52-54-56-58-60-62-68(72)67(66-77-78(74,75)76-65-64-71(3,4)5)70-69(73)63-61-59-57-55-53-51-49-47-45-43-41-38-31-29-27-25-23-21-19-17-15-13-11-9-7-2/h19,21,25,27,44,46,52,54,60,62,67-68,72H,6-18,20,22-24,26,28-43,45,47-51,53,55-59,61,63-66H2,1-5H3,(H-,70,73,74,75)/p+1/b21-19-,27-25-,46-44+,54-52+,62-60+. The number of allylic oxidation sites excluding steroid dienone is 9. The Balaban J connectivity index is 4.16. The van der Waals surface area contributed by atoms with E-state index in [1.165, 1.54) is 250 Å². The van der Waals surface area contributed by atoms with Crippen LogP contribution >= 0.6 is 7.82 Å². The van der Waals surface area contributed by atoms with Crippen molar-refractivity contribution in [1.29, 1.82) is 0 Å². The summed E-state index contributed by atoms with van der Waals surface area (Å²) < 4.78 is 23.8. The van der Waals surface area contributed by atoms with Crippen molar-refractivity contribution in [1.82, 2.24) is 5.32 Å². The van der Waals surface area contributed by atoms with Crippen LogP contribution in [0.25, 0.3) is 0 Å². The van der Waals surface area contributed by atoms with Crippen molar-refractivity contribution in [2.24, 2.45) is 0 Å². The largest absolute Gasteiger partial charge is 0.472 e. The van der Waals surface area contributed by atoms with Gasteiger partial charge in [0.1, 0.15) is 13.2 Å². The van der Waals surface area contributed by atoms with Gasteiger partial charge in [-0.2, -0.15) is 0 Å². The average molecular weight is 1120 g/mol. The molecule has 0 bridgehead atoms. The van der Waals surface area contributed by atoms with E-state index in [1.54, 1.807) is 6.08 Å². The first-order valence-corrected chi connectivity index (χ1v) is 35.2. The number of likely N-dealkylation sites (N-methyl/N-ethyl adjacent to an activating group) is 1. The molecule has 0 radical (unpaired) electrons. The van der Waals surface area contributed by atoms with Gasteiger partial charge in [-0.25, -0.2) is 4.57 Å². The van der Waals surface area contributed by atoms with Gasteiger partial charge < -0.3 is 19.8 Å². The van der Waals surface area contributed by atoms with E-state index in [1.807, 2.05) is 27.2 Å². The second kappa shape index (κ2) is 59.8. The smallest absolute Gasteiger partial charge is 0.387 e. The van der Waals surface area contributed by atoms with Gasteiger partial charge in [-0.3, -0.25) is 13.8 Å². The van der Waals surface area contributed by atoms with Crippen LogP contribution in [0.4, 0.5) is 0 Å². The van der Waals surface area contributed by atoms with Crippen molar-refractivity contribution >= 4 is 13.7 Å². The fraction of sp³-hybridized carbons (Fsp3) is 0.841. The first-order valence-electron chi connectivity index (χ1n) is 33.7. The van der Waals surface area contributed by atoms with E-state index in [0.29, 0.717) is 17.4 Å². The molecule has 0 aromatic heterocycles. The van der Waals surface area contributed by atoms with E-state index in [4.69, 9.17) is 9.05 Å². The minimum atomic E-state index is -4.37. The SMILES string of the molecule is CCCCCCC/C=C\C/C=C\CCCCCCCCCCCCCCCC(=O)NC(COP(=O)(O)OCC[N+](C)(C)C)C(O)/C=C/CC/C=C/CC/C=C/CCCCCCCCCCCCCCCCCCCCCCC. The van der Waals surface area contributed by atoms with E-state index in [0.717, 1.165) is 51.4 Å². The fourth-order valence-corrected chi connectivity index (χ4v) is 10.7. The number of phosphoric ester groups is 1. The Labute approximate surface area is 485 Å². The summed E-state index contributed by atoms with van der Waals surface area (Å²) in [5.74, 6) is -0.189. The lowest BCUT2D eigenvalue weighted by Gasteiger charge is -2.25. The predicted molar refractivity (Wildman–Crippen MR) is 341 cm³/mol. The summed E-state index contributed by atoms with van der Waals surface area (Å²) in [6, 6.07) is -0.874. The topological polar surface area (TPSA) is 105 Å². The molecule has 3 N–H and O–H groups in total. The van der Waals surface area contributed by atoms with Gasteiger partial charge in [-0.15, -0.1) is 0 Å². The molecule has 3 unspecified atom stereocenters. The summed E-state index contributed by atoms with van der Waals surface area (Å²) in [4.78, 5) is 23.4. The molecule has 3 atom stereocenters. The number of rotatable bonds is 62. The van der Waals surface area contributed by atoms with Crippen LogP contribution in [0.3, 0.4) is 0 Å². The van der Waals surface area contributed by atoms with Gasteiger partial charge >= 0.3 is 7.82 Å². The van der Waals surface area contributed by atoms with Gasteiger partial charge in [0.2, 0.25) is 5.91 Å². The molecule has 0 saturated heterocycles. The Hall–Kier alpha value is -1.80. The number of quaternary nitrogens is 1. The maximum Gasteiger partial charge on any atom is 0.472 e. The van der Waals surface area contributed by atoms with E-state index in [2.05, 4.69) is 67.8 Å². The quantitative estimate of drug-likeness (QED) is 0.0243. The zero-order chi connectivity index (χ0) is 57.0. The molecule has 0 aromatic rings. The molecule has 0 heterocycles. The molecule has 458 valence electrons. The number of aliphatic hydroxyl groups is 1. The number of hydrogen-bond donors (Lipinski definition) is 3. The van der Waals surface area contributed by atoms with Crippen molar-refractivity contribution < 1.29 is 32.9 Å². The molecule has 0 aliphatic rings. The van der Waals surface area contributed by atoms with Gasteiger partial charge in [0.15, 0.2) is 0 Å². The highest BCUT2D eigenvalue weighted by atomic mass is 31.2. The highest BCUT2D eigenvalue weighted by molar-refractivity contribution is 7.47. The van der Waals surface area contributed by atoms with Crippen molar-refractivity contribution in [2.45, 2.75) is 334 Å². The summed E-state index contributed by atoms with van der Waals surface area (Å²) in [5, 5.41) is 14.0. The lowest BCUT2D eigenvalue weighted by Crippen LogP contribution is -2.45. The third-order valence-electron chi connectivity index (χ3n) is 15.2. The van der Waals surface area contributed by atoms with Gasteiger partial charge in [-0.1, -0.05) is 299 Å². The van der Waals surface area contributed by atoms with Crippen LogP contribution in [0.2, 0.25) is 0 Å². The maximum absolute atomic E-state index is 13.0. The molecule has 9 heteroatoms. The summed E-state index contributed by atoms with van der Waals surface area (Å²) in [6.45, 7) is 4.81. The van der Waals surface area contributed by atoms with Crippen LogP contribution in [0, 0.1) is 0 Å². The molecule has 0 aliphatic carbocycles. The van der Waals surface area contributed by atoms with Gasteiger partial charge in [0, 0.05) is 6.42 Å². The molecule has 78 heavy (non-hydrogen) atoms. The predicted octanol–water partition coefficient (Wildman–Crippen LogP) is 21.2. The Bertz CT molecular complexity index is 1450. The minimum Gasteiger partial charge on any atom is -0.387 e. The second-order valence-electron chi connectivity index (χ2n) is 24.2. The van der Waals surface area contributed by atoms with Crippen LogP contribution in [0.15, 0.2) is 60.8 Å². The number of phosphoric acid groups is 1. The monoisotopic (exact) mass is 1120 g/mol. The van der Waals surface area contributed by atoms with E-state index < -0.39 is 20.0 Å². The Morgan fingerprint density at radius 1 is 0.436 bits per heavy atom. The van der Waals surface area contributed by atoms with Gasteiger partial charge in [-0.05, 0) is 77.0 Å². The van der Waals surface area contributed by atoms with Gasteiger partial charge in [0.05, 0.1) is 39.9 Å². The van der Waals surface area contributed by atoms with E-state index >= 15 is 0 Å². The zero-order valence-electron chi connectivity index (χ0n) is 52.4. The highest BCUT2D eigenvalue weighted by Gasteiger charge is 2.28. The van der Waals surface area contributed by atoms with Crippen LogP contribution in [-0.2, 0) is 18.4 Å². The minimum absolute atomic E-state index is 0.0524. The molecule has 0 rings (SSSR count). The van der Waals surface area contributed by atoms with Crippen LogP contribution < -0.4 is 5.32 Å². The average Bonchev–Trinajstić information content (AvgIpc) is 3.41. The molecule has 8 nitrogen and oxygen atoms in total. The Morgan fingerprint density at radius 3 is 1.10 bits per heavy atom. The second-order valence-corrected chi connectivity index (χ2v) is 25.6. The lowest BCUT2D eigenvalue weighted by atomic mass is 10.0. The molecule has 0 fully saturated rings. The molecule has 0 saturated carbocycles. The van der Waals surface area contributed by atoms with Crippen LogP contribution in [-0.4, -0.2) is 73.4 Å². The molecular formula is C69H132N2O6P+. The first kappa shape index (κ1) is 76.2. The summed E-state index contributed by atoms with van der Waals surface area (Å²) >= 11 is 0. The van der Waals surface area contributed by atoms with E-state index in [-0.39, 0.29) is 19.1 Å². The van der Waals surface area contributed by atoms with E-state index in [9.17, 15) is 19.4 Å². The highest BCUT2D eigenvalue weighted by Crippen LogP contribution is 2.43. The number of unbranched alkanes of at least 4 members (excludes halogenated alkanes) is 41. The summed E-state index contributed by atoms with van der Waals surface area (Å²) in [5.41, 5.74) is 0. The van der Waals surface area contributed by atoms with Crippen LogP contribution in [0.5, 0.6) is 0 Å². The number of aliphatic hydroxyl groups excluding tert-OH is 1. The van der Waals surface area contributed by atoms with Crippen molar-refractivity contribution in [3.05, 3.63) is 60.8 Å². The molecular weight excluding hydrogens is 984 g/mol. The third-order valence-corrected chi connectivity index (χ3v) is 16.2. The van der Waals surface area contributed by atoms with Crippen molar-refractivity contribution in [3.8, 4) is 0 Å². The molecule has 1 amide bonds. The van der Waals surface area contributed by atoms with Crippen molar-refractivity contribution in [3.63, 3.8) is 0 Å². The summed E-state index contributed by atoms with van der Waals surface area (Å²) in [7, 11) is 1.55. The van der Waals surface area contributed by atoms with Crippen LogP contribution in [0.1, 0.15) is 322 Å². The maximum atomic E-state index is 13.0. The van der Waals surface area contributed by atoms with Crippen molar-refractivity contribution in [2.75, 3.05) is 40.9 Å². The molecule has 0 aromatic carbocycles. The Kier molecular flexibility index (Phi) is 58.4. The molecule has 0 spiro atoms. The number of hydrogen-bond acceptors (Lipinski definition) is 5. The fourth-order valence-electron chi connectivity index (χ4n) is 9.93. The number of carbonyl (C=O) groups excluding carboxylic acids is 1. The number of carbonyl (C=O) groups is 1. The Morgan fingerprint density at radius 2 is 0.744 bits per heavy atom. The summed E-state index contributed by atoms with van der Waals surface area (Å²) in [6.07, 6.45) is 82.2.